The lowest BCUT2D eigenvalue weighted by Gasteiger charge is -2.41. The smallest absolute Gasteiger partial charge is 0.234 e. The molecule has 2 amide bonds. The SMILES string of the molecule is O=C1C[C@@H]2CC[C@H]1[C@@H]1C(=O)N(C3CCCc4ccccc43)C(=O)[C@H]21. The van der Waals surface area contributed by atoms with Crippen molar-refractivity contribution in [1.29, 1.82) is 0 Å². The standard InChI is InChI=1S/C20H21NO3/c22-16-10-12-8-9-14(16)18-17(12)19(23)21(20(18)24)15-7-3-5-11-4-1-2-6-13(11)15/h1-2,4,6,12,14-15,17-18H,3,5,7-10H2/t12-,14+,15?,17+,18-/m0/s1. The van der Waals surface area contributed by atoms with Crippen molar-refractivity contribution in [1.82, 2.24) is 4.90 Å². The molecule has 1 heterocycles. The monoisotopic (exact) mass is 323 g/mol. The second kappa shape index (κ2) is 5.01. The number of rotatable bonds is 1. The van der Waals surface area contributed by atoms with Crippen molar-refractivity contribution in [2.24, 2.45) is 23.7 Å². The first kappa shape index (κ1) is 14.4. The Morgan fingerprint density at radius 2 is 1.71 bits per heavy atom. The molecule has 1 unspecified atom stereocenters. The van der Waals surface area contributed by atoms with Crippen molar-refractivity contribution in [3.8, 4) is 0 Å². The molecule has 0 spiro atoms. The maximum Gasteiger partial charge on any atom is 0.234 e. The third-order valence-corrected chi connectivity index (χ3v) is 6.75. The maximum absolute atomic E-state index is 13.1. The molecule has 124 valence electrons. The third kappa shape index (κ3) is 1.77. The summed E-state index contributed by atoms with van der Waals surface area (Å²) in [5, 5.41) is 0. The Hall–Kier alpha value is -1.97. The minimum atomic E-state index is -0.369. The number of carbonyl (C=O) groups excluding carboxylic acids is 3. The first-order valence-electron chi connectivity index (χ1n) is 9.14. The summed E-state index contributed by atoms with van der Waals surface area (Å²) >= 11 is 0. The van der Waals surface area contributed by atoms with Crippen LogP contribution in [-0.2, 0) is 20.8 Å². The molecular weight excluding hydrogens is 302 g/mol. The Balaban J connectivity index is 1.56. The van der Waals surface area contributed by atoms with E-state index in [2.05, 4.69) is 12.1 Å². The van der Waals surface area contributed by atoms with E-state index in [-0.39, 0.29) is 47.3 Å². The fraction of sp³-hybridized carbons (Fsp3) is 0.550. The summed E-state index contributed by atoms with van der Waals surface area (Å²) in [5.41, 5.74) is 2.38. The van der Waals surface area contributed by atoms with E-state index in [0.717, 1.165) is 37.7 Å². The molecule has 4 nitrogen and oxygen atoms in total. The molecule has 24 heavy (non-hydrogen) atoms. The molecule has 1 aromatic rings. The highest BCUT2D eigenvalue weighted by Crippen LogP contribution is 2.53. The van der Waals surface area contributed by atoms with E-state index in [0.29, 0.717) is 6.42 Å². The van der Waals surface area contributed by atoms with E-state index in [1.54, 1.807) is 4.90 Å². The molecule has 0 radical (unpaired) electrons. The van der Waals surface area contributed by atoms with Crippen LogP contribution >= 0.6 is 0 Å². The normalized spacial score (nSPS) is 37.6. The number of aryl methyl sites for hydroxylation is 1. The molecule has 1 saturated heterocycles. The number of carbonyl (C=O) groups is 3. The quantitative estimate of drug-likeness (QED) is 0.747. The van der Waals surface area contributed by atoms with Gasteiger partial charge in [0, 0.05) is 12.3 Å². The number of hydrogen-bond donors (Lipinski definition) is 0. The summed E-state index contributed by atoms with van der Waals surface area (Å²) in [7, 11) is 0. The van der Waals surface area contributed by atoms with Gasteiger partial charge in [-0.25, -0.2) is 0 Å². The maximum atomic E-state index is 13.1. The fourth-order valence-electron chi connectivity index (χ4n) is 5.71. The summed E-state index contributed by atoms with van der Waals surface area (Å²) in [6.45, 7) is 0. The van der Waals surface area contributed by atoms with Crippen LogP contribution in [0.3, 0.4) is 0 Å². The van der Waals surface area contributed by atoms with Gasteiger partial charge in [-0.1, -0.05) is 24.3 Å². The van der Waals surface area contributed by atoms with Gasteiger partial charge >= 0.3 is 0 Å². The lowest BCUT2D eigenvalue weighted by Crippen LogP contribution is -2.46. The van der Waals surface area contributed by atoms with E-state index >= 15 is 0 Å². The number of fused-ring (bicyclic) bond motifs is 3. The number of hydrogen-bond acceptors (Lipinski definition) is 3. The van der Waals surface area contributed by atoms with E-state index in [1.165, 1.54) is 5.56 Å². The van der Waals surface area contributed by atoms with Crippen molar-refractivity contribution in [2.45, 2.75) is 44.6 Å². The zero-order valence-electron chi connectivity index (χ0n) is 13.6. The van der Waals surface area contributed by atoms with Crippen LogP contribution in [0.4, 0.5) is 0 Å². The molecule has 6 rings (SSSR count). The van der Waals surface area contributed by atoms with Gasteiger partial charge in [0.2, 0.25) is 11.8 Å². The molecule has 5 aliphatic rings. The summed E-state index contributed by atoms with van der Waals surface area (Å²) in [5.74, 6) is -0.592. The Labute approximate surface area is 141 Å². The predicted molar refractivity (Wildman–Crippen MR) is 86.8 cm³/mol. The number of imide groups is 1. The lowest BCUT2D eigenvalue weighted by atomic mass is 9.59. The minimum Gasteiger partial charge on any atom is -0.299 e. The van der Waals surface area contributed by atoms with Gasteiger partial charge < -0.3 is 0 Å². The van der Waals surface area contributed by atoms with Gasteiger partial charge in [-0.2, -0.15) is 0 Å². The van der Waals surface area contributed by atoms with Gasteiger partial charge in [0.15, 0.2) is 0 Å². The Bertz CT molecular complexity index is 755. The minimum absolute atomic E-state index is 0.00565. The van der Waals surface area contributed by atoms with Gasteiger partial charge in [-0.3, -0.25) is 19.3 Å². The molecule has 5 atom stereocenters. The highest BCUT2D eigenvalue weighted by Gasteiger charge is 2.61. The van der Waals surface area contributed by atoms with E-state index in [1.807, 2.05) is 12.1 Å². The zero-order chi connectivity index (χ0) is 16.4. The molecular formula is C20H21NO3. The third-order valence-electron chi connectivity index (χ3n) is 6.75. The Kier molecular flexibility index (Phi) is 3.00. The number of Topliss-reactive ketones (excluding diaryl/α,β-unsaturated/α-hetero) is 1. The fourth-order valence-corrected chi connectivity index (χ4v) is 5.71. The number of benzene rings is 1. The molecule has 4 aliphatic carbocycles. The largest absolute Gasteiger partial charge is 0.299 e. The van der Waals surface area contributed by atoms with Crippen LogP contribution in [0.5, 0.6) is 0 Å². The van der Waals surface area contributed by atoms with Gasteiger partial charge in [0.25, 0.3) is 0 Å². The van der Waals surface area contributed by atoms with Crippen LogP contribution in [-0.4, -0.2) is 22.5 Å². The van der Waals surface area contributed by atoms with Gasteiger partial charge in [0.05, 0.1) is 17.9 Å². The van der Waals surface area contributed by atoms with Crippen LogP contribution in [0.25, 0.3) is 0 Å². The molecule has 1 aliphatic heterocycles. The summed E-state index contributed by atoms with van der Waals surface area (Å²) in [6, 6.07) is 8.04. The molecule has 4 fully saturated rings. The van der Waals surface area contributed by atoms with Gasteiger partial charge in [-0.15, -0.1) is 0 Å². The molecule has 0 N–H and O–H groups in total. The van der Waals surface area contributed by atoms with E-state index < -0.39 is 0 Å². The van der Waals surface area contributed by atoms with Crippen LogP contribution in [0.1, 0.15) is 49.3 Å². The van der Waals surface area contributed by atoms with Gasteiger partial charge in [-0.05, 0) is 49.1 Å². The lowest BCUT2D eigenvalue weighted by molar-refractivity contribution is -0.145. The average Bonchev–Trinajstić information content (AvgIpc) is 2.88. The first-order valence-corrected chi connectivity index (χ1v) is 9.14. The van der Waals surface area contributed by atoms with Crippen molar-refractivity contribution in [3.63, 3.8) is 0 Å². The van der Waals surface area contributed by atoms with Crippen LogP contribution in [0.2, 0.25) is 0 Å². The zero-order valence-corrected chi connectivity index (χ0v) is 13.6. The molecule has 2 bridgehead atoms. The highest BCUT2D eigenvalue weighted by atomic mass is 16.2. The van der Waals surface area contributed by atoms with Crippen LogP contribution < -0.4 is 0 Å². The predicted octanol–water partition coefficient (Wildman–Crippen LogP) is 2.66. The average molecular weight is 323 g/mol. The van der Waals surface area contributed by atoms with Crippen LogP contribution in [0.15, 0.2) is 24.3 Å². The summed E-state index contributed by atoms with van der Waals surface area (Å²) in [6.07, 6.45) is 5.07. The van der Waals surface area contributed by atoms with Crippen LogP contribution in [0, 0.1) is 23.7 Å². The highest BCUT2D eigenvalue weighted by molar-refractivity contribution is 6.09. The Morgan fingerprint density at radius 1 is 0.917 bits per heavy atom. The second-order valence-corrected chi connectivity index (χ2v) is 7.82. The number of nitrogens with zero attached hydrogens (tertiary/aromatic N) is 1. The number of likely N-dealkylation sites (tertiary alicyclic amines) is 1. The molecule has 4 heteroatoms. The molecule has 3 saturated carbocycles. The first-order chi connectivity index (χ1) is 11.7. The Morgan fingerprint density at radius 3 is 2.54 bits per heavy atom. The summed E-state index contributed by atoms with van der Waals surface area (Å²) in [4.78, 5) is 40.1. The van der Waals surface area contributed by atoms with Crippen molar-refractivity contribution < 1.29 is 14.4 Å². The van der Waals surface area contributed by atoms with Crippen molar-refractivity contribution >= 4 is 17.6 Å². The number of amides is 2. The summed E-state index contributed by atoms with van der Waals surface area (Å²) < 4.78 is 0. The van der Waals surface area contributed by atoms with E-state index in [4.69, 9.17) is 0 Å². The van der Waals surface area contributed by atoms with Gasteiger partial charge in [0.1, 0.15) is 5.78 Å². The van der Waals surface area contributed by atoms with Crippen molar-refractivity contribution in [3.05, 3.63) is 35.4 Å². The number of ketones is 1. The molecule has 1 aromatic carbocycles. The topological polar surface area (TPSA) is 54.5 Å². The second-order valence-electron chi connectivity index (χ2n) is 7.82. The molecule has 0 aromatic heterocycles. The van der Waals surface area contributed by atoms with Crippen molar-refractivity contribution in [2.75, 3.05) is 0 Å². The van der Waals surface area contributed by atoms with E-state index in [9.17, 15) is 14.4 Å².